The van der Waals surface area contributed by atoms with Gasteiger partial charge in [0.15, 0.2) is 0 Å². The van der Waals surface area contributed by atoms with E-state index in [9.17, 15) is 15.3 Å². The van der Waals surface area contributed by atoms with Crippen LogP contribution in [0.2, 0.25) is 0 Å². The first kappa shape index (κ1) is 20.3. The molecule has 25 heavy (non-hydrogen) atoms. The van der Waals surface area contributed by atoms with Gasteiger partial charge in [0.1, 0.15) is 6.10 Å². The molecule has 0 amide bonds. The number of aliphatic hydroxyl groups excluding tert-OH is 3. The first-order chi connectivity index (χ1) is 12.1. The van der Waals surface area contributed by atoms with Crippen LogP contribution in [0, 0.1) is 0 Å². The Kier molecular flexibility index (Phi) is 8.81. The van der Waals surface area contributed by atoms with Crippen LogP contribution in [0.1, 0.15) is 64.0 Å². The molecule has 0 radical (unpaired) electrons. The fraction of sp³-hybridized carbons (Fsp3) is 0.889. The summed E-state index contributed by atoms with van der Waals surface area (Å²) in [5.41, 5.74) is 0.791. The average Bonchev–Trinajstić information content (AvgIpc) is 3.05. The summed E-state index contributed by atoms with van der Waals surface area (Å²) in [5, 5.41) is 40.7. The highest BCUT2D eigenvalue weighted by atomic mass is 16.4. The Labute approximate surface area is 150 Å². The van der Waals surface area contributed by atoms with Crippen LogP contribution in [0.25, 0.3) is 0 Å². The molecule has 144 valence electrons. The van der Waals surface area contributed by atoms with Gasteiger partial charge in [-0.3, -0.25) is 4.68 Å². The third-order valence-corrected chi connectivity index (χ3v) is 5.00. The first-order valence-electron chi connectivity index (χ1n) is 9.78. The smallest absolute Gasteiger partial charge is 0.108 e. The van der Waals surface area contributed by atoms with Gasteiger partial charge in [0, 0.05) is 31.7 Å². The monoisotopic (exact) mass is 354 g/mol. The van der Waals surface area contributed by atoms with Gasteiger partial charge in [-0.05, 0) is 6.42 Å². The number of aliphatic hydroxyl groups is 3. The highest BCUT2D eigenvalue weighted by Gasteiger charge is 2.36. The minimum atomic E-state index is -1.11. The molecule has 7 nitrogen and oxygen atoms in total. The van der Waals surface area contributed by atoms with E-state index in [1.165, 1.54) is 44.9 Å². The van der Waals surface area contributed by atoms with Crippen molar-refractivity contribution in [1.29, 1.82) is 0 Å². The third kappa shape index (κ3) is 6.66. The highest BCUT2D eigenvalue weighted by molar-refractivity contribution is 5.02. The number of hydrogen-bond donors (Lipinski definition) is 4. The van der Waals surface area contributed by atoms with Crippen LogP contribution in [-0.4, -0.2) is 61.2 Å². The Morgan fingerprint density at radius 1 is 1.04 bits per heavy atom. The second-order valence-electron chi connectivity index (χ2n) is 7.22. The Morgan fingerprint density at radius 2 is 1.72 bits per heavy atom. The minimum Gasteiger partial charge on any atom is -0.389 e. The molecule has 0 aliphatic carbocycles. The van der Waals surface area contributed by atoms with Gasteiger partial charge >= 0.3 is 0 Å². The third-order valence-electron chi connectivity index (χ3n) is 5.00. The number of piperidine rings is 1. The van der Waals surface area contributed by atoms with E-state index in [4.69, 9.17) is 0 Å². The van der Waals surface area contributed by atoms with Gasteiger partial charge in [-0.2, -0.15) is 0 Å². The summed E-state index contributed by atoms with van der Waals surface area (Å²) in [4.78, 5) is 0. The van der Waals surface area contributed by atoms with Gasteiger partial charge in [0.05, 0.1) is 17.9 Å². The number of β-amino-alcohol motifs (C(OH)–C–C–N with tert-alkyl or cyclic N) is 1. The Hall–Kier alpha value is -1.02. The van der Waals surface area contributed by atoms with Crippen LogP contribution in [0.5, 0.6) is 0 Å². The van der Waals surface area contributed by atoms with Gasteiger partial charge in [0.25, 0.3) is 0 Å². The lowest BCUT2D eigenvalue weighted by molar-refractivity contribution is -0.0939. The summed E-state index contributed by atoms with van der Waals surface area (Å²) in [6, 6.07) is -0.313. The predicted octanol–water partition coefficient (Wildman–Crippen LogP) is 1.02. The molecule has 0 unspecified atom stereocenters. The van der Waals surface area contributed by atoms with Crippen LogP contribution < -0.4 is 5.32 Å². The summed E-state index contributed by atoms with van der Waals surface area (Å²) in [5.74, 6) is 0. The van der Waals surface area contributed by atoms with Crippen molar-refractivity contribution in [3.8, 4) is 0 Å². The molecule has 4 atom stereocenters. The molecule has 1 saturated heterocycles. The van der Waals surface area contributed by atoms with Gasteiger partial charge in [-0.1, -0.05) is 57.1 Å². The van der Waals surface area contributed by atoms with E-state index in [2.05, 4.69) is 22.6 Å². The summed E-state index contributed by atoms with van der Waals surface area (Å²) in [6.07, 6.45) is 9.63. The molecule has 0 saturated carbocycles. The van der Waals surface area contributed by atoms with Crippen LogP contribution in [0.4, 0.5) is 0 Å². The quantitative estimate of drug-likeness (QED) is 0.442. The summed E-state index contributed by atoms with van der Waals surface area (Å²) < 4.78 is 1.85. The Bertz CT molecular complexity index is 483. The molecule has 7 heteroatoms. The number of unbranched alkanes of at least 4 members (excludes halogenated alkanes) is 7. The fourth-order valence-corrected chi connectivity index (χ4v) is 3.35. The molecular formula is C18H34N4O3. The number of hydrogen-bond acceptors (Lipinski definition) is 6. The van der Waals surface area contributed by atoms with Crippen LogP contribution in [0.15, 0.2) is 6.20 Å². The molecule has 2 rings (SSSR count). The van der Waals surface area contributed by atoms with Crippen molar-refractivity contribution in [1.82, 2.24) is 20.3 Å². The second kappa shape index (κ2) is 10.9. The topological polar surface area (TPSA) is 103 Å². The van der Waals surface area contributed by atoms with Gasteiger partial charge < -0.3 is 20.6 Å². The van der Waals surface area contributed by atoms with E-state index in [-0.39, 0.29) is 12.6 Å². The summed E-state index contributed by atoms with van der Waals surface area (Å²) in [6.45, 7) is 3.38. The Morgan fingerprint density at radius 3 is 2.44 bits per heavy atom. The lowest BCUT2D eigenvalue weighted by Gasteiger charge is -2.35. The lowest BCUT2D eigenvalue weighted by atomic mass is 9.93. The minimum absolute atomic E-state index is 0.273. The number of nitrogens with zero attached hydrogens (tertiary/aromatic N) is 3. The molecule has 1 aliphatic rings. The van der Waals surface area contributed by atoms with Crippen LogP contribution >= 0.6 is 0 Å². The number of nitrogens with one attached hydrogen (secondary N) is 1. The van der Waals surface area contributed by atoms with Crippen LogP contribution in [-0.2, 0) is 13.0 Å². The zero-order valence-corrected chi connectivity index (χ0v) is 15.3. The molecule has 2 heterocycles. The second-order valence-corrected chi connectivity index (χ2v) is 7.22. The van der Waals surface area contributed by atoms with E-state index in [1.807, 2.05) is 10.9 Å². The van der Waals surface area contributed by atoms with Crippen molar-refractivity contribution in [3.63, 3.8) is 0 Å². The van der Waals surface area contributed by atoms with Crippen molar-refractivity contribution in [3.05, 3.63) is 11.9 Å². The van der Waals surface area contributed by atoms with E-state index < -0.39 is 18.3 Å². The van der Waals surface area contributed by atoms with E-state index >= 15 is 0 Å². The zero-order valence-electron chi connectivity index (χ0n) is 15.3. The molecule has 1 aromatic rings. The molecule has 0 bridgehead atoms. The molecule has 1 aliphatic heterocycles. The van der Waals surface area contributed by atoms with Gasteiger partial charge in [0.2, 0.25) is 0 Å². The maximum Gasteiger partial charge on any atom is 0.108 e. The average molecular weight is 354 g/mol. The fourth-order valence-electron chi connectivity index (χ4n) is 3.35. The molecular weight excluding hydrogens is 320 g/mol. The highest BCUT2D eigenvalue weighted by Crippen LogP contribution is 2.14. The van der Waals surface area contributed by atoms with Crippen molar-refractivity contribution >= 4 is 0 Å². The van der Waals surface area contributed by atoms with Gasteiger partial charge in [-0.25, -0.2) is 0 Å². The molecule has 4 N–H and O–H groups in total. The number of aryl methyl sites for hydroxylation is 1. The van der Waals surface area contributed by atoms with E-state index in [0.29, 0.717) is 6.42 Å². The standard InChI is InChI=1S/C18H34N4O3/c1-2-3-4-5-6-7-8-9-10-22-13-14(20-21-22)11-15-17(24)18(25)16(23)12-19-15/h13,15-19,23-25H,2-12H2,1H3/t15-,16-,17+,18+/m1/s1. The lowest BCUT2D eigenvalue weighted by Crippen LogP contribution is -2.60. The van der Waals surface area contributed by atoms with Crippen LogP contribution in [0.3, 0.4) is 0 Å². The maximum absolute atomic E-state index is 10.0. The number of aromatic nitrogens is 3. The SMILES string of the molecule is CCCCCCCCCCn1cc(C[C@H]2NC[C@@H](O)[C@H](O)[C@H]2O)nn1. The van der Waals surface area contributed by atoms with Crippen molar-refractivity contribution in [2.75, 3.05) is 6.54 Å². The molecule has 0 spiro atoms. The number of rotatable bonds is 11. The predicted molar refractivity (Wildman–Crippen MR) is 96.1 cm³/mol. The first-order valence-corrected chi connectivity index (χ1v) is 9.78. The van der Waals surface area contributed by atoms with Crippen molar-refractivity contribution in [2.24, 2.45) is 0 Å². The summed E-state index contributed by atoms with van der Waals surface area (Å²) in [7, 11) is 0. The molecule has 1 fully saturated rings. The van der Waals surface area contributed by atoms with Crippen molar-refractivity contribution in [2.45, 2.75) is 95.6 Å². The zero-order chi connectivity index (χ0) is 18.1. The normalized spacial score (nSPS) is 26.9. The van der Waals surface area contributed by atoms with Crippen molar-refractivity contribution < 1.29 is 15.3 Å². The maximum atomic E-state index is 10.0. The summed E-state index contributed by atoms with van der Waals surface area (Å²) >= 11 is 0. The largest absolute Gasteiger partial charge is 0.389 e. The van der Waals surface area contributed by atoms with E-state index in [0.717, 1.165) is 18.7 Å². The van der Waals surface area contributed by atoms with E-state index in [1.54, 1.807) is 0 Å². The Balaban J connectivity index is 1.63. The molecule has 0 aromatic carbocycles. The molecule has 1 aromatic heterocycles. The van der Waals surface area contributed by atoms with Gasteiger partial charge in [-0.15, -0.1) is 5.10 Å².